The molecule has 0 aliphatic carbocycles. The molecule has 0 aromatic heterocycles. The maximum atomic E-state index is 13.6. The van der Waals surface area contributed by atoms with Crippen LogP contribution in [0.3, 0.4) is 0 Å². The highest BCUT2D eigenvalue weighted by atomic mass is 35.5. The average molecular weight is 261 g/mol. The van der Waals surface area contributed by atoms with E-state index < -0.39 is 5.82 Å². The third-order valence-electron chi connectivity index (χ3n) is 2.50. The van der Waals surface area contributed by atoms with Crippen molar-refractivity contribution in [2.45, 2.75) is 19.9 Å². The van der Waals surface area contributed by atoms with E-state index in [2.05, 4.69) is 10.6 Å². The maximum absolute atomic E-state index is 13.6. The standard InChI is InChI=1S/C12H17FN2O.ClH/c1-8-5-4-6-10(11(8)13)12(16)15-7-9(2)14-3;/h4-6,9,14H,7H2,1-3H3,(H,15,16);1H. The van der Waals surface area contributed by atoms with Crippen molar-refractivity contribution in [3.8, 4) is 0 Å². The Labute approximate surface area is 107 Å². The Bertz CT molecular complexity index is 385. The highest BCUT2D eigenvalue weighted by molar-refractivity contribution is 5.94. The average Bonchev–Trinajstić information content (AvgIpc) is 2.29. The summed E-state index contributed by atoms with van der Waals surface area (Å²) in [6.07, 6.45) is 0. The quantitative estimate of drug-likeness (QED) is 0.868. The minimum atomic E-state index is -0.447. The number of halogens is 2. The molecule has 0 bridgehead atoms. The summed E-state index contributed by atoms with van der Waals surface area (Å²) in [5.74, 6) is -0.819. The number of aryl methyl sites for hydroxylation is 1. The predicted octanol–water partition coefficient (Wildman–Crippen LogP) is 1.89. The van der Waals surface area contributed by atoms with Gasteiger partial charge in [0.1, 0.15) is 5.82 Å². The van der Waals surface area contributed by atoms with Crippen molar-refractivity contribution in [3.05, 3.63) is 35.1 Å². The molecule has 0 spiro atoms. The Morgan fingerprint density at radius 3 is 2.71 bits per heavy atom. The summed E-state index contributed by atoms with van der Waals surface area (Å²) in [6, 6.07) is 4.97. The zero-order valence-corrected chi connectivity index (χ0v) is 11.0. The summed E-state index contributed by atoms with van der Waals surface area (Å²) in [5.41, 5.74) is 0.581. The molecule has 0 fully saturated rings. The topological polar surface area (TPSA) is 41.1 Å². The molecule has 5 heteroatoms. The number of hydrogen-bond donors (Lipinski definition) is 2. The van der Waals surface area contributed by atoms with Gasteiger partial charge in [-0.2, -0.15) is 0 Å². The number of nitrogens with one attached hydrogen (secondary N) is 2. The molecule has 1 rings (SSSR count). The number of carbonyl (C=O) groups excluding carboxylic acids is 1. The number of hydrogen-bond acceptors (Lipinski definition) is 2. The first-order valence-corrected chi connectivity index (χ1v) is 5.26. The Hall–Kier alpha value is -1.13. The molecular weight excluding hydrogens is 243 g/mol. The lowest BCUT2D eigenvalue weighted by atomic mass is 10.1. The Balaban J connectivity index is 0.00000256. The van der Waals surface area contributed by atoms with E-state index in [0.717, 1.165) is 0 Å². The normalized spacial score (nSPS) is 11.5. The van der Waals surface area contributed by atoms with Gasteiger partial charge in [0.15, 0.2) is 0 Å². The van der Waals surface area contributed by atoms with Gasteiger partial charge in [-0.1, -0.05) is 12.1 Å². The third kappa shape index (κ3) is 4.32. The van der Waals surface area contributed by atoms with Crippen LogP contribution < -0.4 is 10.6 Å². The van der Waals surface area contributed by atoms with E-state index >= 15 is 0 Å². The van der Waals surface area contributed by atoms with Crippen LogP contribution in [-0.2, 0) is 0 Å². The first-order valence-electron chi connectivity index (χ1n) is 5.26. The lowest BCUT2D eigenvalue weighted by Gasteiger charge is -2.12. The summed E-state index contributed by atoms with van der Waals surface area (Å²) < 4.78 is 13.6. The minimum Gasteiger partial charge on any atom is -0.350 e. The predicted molar refractivity (Wildman–Crippen MR) is 69.2 cm³/mol. The molecule has 1 unspecified atom stereocenters. The van der Waals surface area contributed by atoms with Gasteiger partial charge in [-0.05, 0) is 32.5 Å². The second-order valence-electron chi connectivity index (χ2n) is 3.84. The first kappa shape index (κ1) is 15.9. The molecule has 3 nitrogen and oxygen atoms in total. The lowest BCUT2D eigenvalue weighted by molar-refractivity contribution is 0.0946. The van der Waals surface area contributed by atoms with Crippen molar-refractivity contribution in [2.75, 3.05) is 13.6 Å². The van der Waals surface area contributed by atoms with Crippen molar-refractivity contribution < 1.29 is 9.18 Å². The van der Waals surface area contributed by atoms with E-state index in [1.807, 2.05) is 14.0 Å². The number of benzene rings is 1. The van der Waals surface area contributed by atoms with E-state index in [4.69, 9.17) is 0 Å². The summed E-state index contributed by atoms with van der Waals surface area (Å²) in [7, 11) is 1.81. The summed E-state index contributed by atoms with van der Waals surface area (Å²) in [6.45, 7) is 4.05. The molecule has 96 valence electrons. The summed E-state index contributed by atoms with van der Waals surface area (Å²) in [4.78, 5) is 11.7. The fourth-order valence-corrected chi connectivity index (χ4v) is 1.27. The molecule has 2 N–H and O–H groups in total. The van der Waals surface area contributed by atoms with Crippen LogP contribution in [0.15, 0.2) is 18.2 Å². The van der Waals surface area contributed by atoms with Crippen molar-refractivity contribution in [3.63, 3.8) is 0 Å². The zero-order chi connectivity index (χ0) is 12.1. The molecule has 0 heterocycles. The van der Waals surface area contributed by atoms with Gasteiger partial charge < -0.3 is 10.6 Å². The van der Waals surface area contributed by atoms with Crippen LogP contribution in [0.2, 0.25) is 0 Å². The Morgan fingerprint density at radius 1 is 1.47 bits per heavy atom. The molecule has 1 aromatic carbocycles. The van der Waals surface area contributed by atoms with Crippen LogP contribution in [0.5, 0.6) is 0 Å². The smallest absolute Gasteiger partial charge is 0.254 e. The molecule has 1 amide bonds. The maximum Gasteiger partial charge on any atom is 0.254 e. The van der Waals surface area contributed by atoms with E-state index in [0.29, 0.717) is 12.1 Å². The second-order valence-corrected chi connectivity index (χ2v) is 3.84. The largest absolute Gasteiger partial charge is 0.350 e. The van der Waals surface area contributed by atoms with Crippen LogP contribution in [0.1, 0.15) is 22.8 Å². The van der Waals surface area contributed by atoms with Gasteiger partial charge in [0.2, 0.25) is 0 Å². The summed E-state index contributed by atoms with van der Waals surface area (Å²) in [5, 5.41) is 5.67. The molecular formula is C12H18ClFN2O. The molecule has 0 aliphatic heterocycles. The van der Waals surface area contributed by atoms with E-state index in [-0.39, 0.29) is 29.9 Å². The van der Waals surface area contributed by atoms with Gasteiger partial charge in [0.05, 0.1) is 5.56 Å². The highest BCUT2D eigenvalue weighted by Gasteiger charge is 2.13. The SMILES string of the molecule is CNC(C)CNC(=O)c1cccc(C)c1F.Cl. The lowest BCUT2D eigenvalue weighted by Crippen LogP contribution is -2.37. The first-order chi connectivity index (χ1) is 7.56. The van der Waals surface area contributed by atoms with Crippen LogP contribution in [0, 0.1) is 12.7 Å². The van der Waals surface area contributed by atoms with Gasteiger partial charge in [-0.25, -0.2) is 4.39 Å². The van der Waals surface area contributed by atoms with Crippen LogP contribution in [0.25, 0.3) is 0 Å². The fourth-order valence-electron chi connectivity index (χ4n) is 1.27. The Morgan fingerprint density at radius 2 is 2.12 bits per heavy atom. The van der Waals surface area contributed by atoms with Gasteiger partial charge in [0.25, 0.3) is 5.91 Å². The monoisotopic (exact) mass is 260 g/mol. The van der Waals surface area contributed by atoms with E-state index in [1.54, 1.807) is 19.1 Å². The second kappa shape index (κ2) is 7.25. The van der Waals surface area contributed by atoms with Crippen LogP contribution in [-0.4, -0.2) is 25.5 Å². The zero-order valence-electron chi connectivity index (χ0n) is 10.2. The fraction of sp³-hybridized carbons (Fsp3) is 0.417. The van der Waals surface area contributed by atoms with Crippen molar-refractivity contribution in [1.29, 1.82) is 0 Å². The van der Waals surface area contributed by atoms with Crippen LogP contribution in [0.4, 0.5) is 4.39 Å². The molecule has 0 aliphatic rings. The van der Waals surface area contributed by atoms with Crippen molar-refractivity contribution in [1.82, 2.24) is 10.6 Å². The molecule has 1 atom stereocenters. The molecule has 17 heavy (non-hydrogen) atoms. The van der Waals surface area contributed by atoms with Gasteiger partial charge in [-0.15, -0.1) is 12.4 Å². The van der Waals surface area contributed by atoms with E-state index in [9.17, 15) is 9.18 Å². The minimum absolute atomic E-state index is 0. The van der Waals surface area contributed by atoms with Gasteiger partial charge in [0, 0.05) is 12.6 Å². The number of carbonyl (C=O) groups is 1. The van der Waals surface area contributed by atoms with Crippen LogP contribution >= 0.6 is 12.4 Å². The number of likely N-dealkylation sites (N-methyl/N-ethyl adjacent to an activating group) is 1. The molecule has 0 saturated heterocycles. The molecule has 0 radical (unpaired) electrons. The van der Waals surface area contributed by atoms with Crippen molar-refractivity contribution in [2.24, 2.45) is 0 Å². The Kier molecular flexibility index (Phi) is 6.76. The number of rotatable bonds is 4. The molecule has 1 aromatic rings. The van der Waals surface area contributed by atoms with Gasteiger partial charge >= 0.3 is 0 Å². The highest BCUT2D eigenvalue weighted by Crippen LogP contribution is 2.11. The molecule has 0 saturated carbocycles. The van der Waals surface area contributed by atoms with E-state index in [1.165, 1.54) is 6.07 Å². The summed E-state index contributed by atoms with van der Waals surface area (Å²) >= 11 is 0. The van der Waals surface area contributed by atoms with Crippen molar-refractivity contribution >= 4 is 18.3 Å². The third-order valence-corrected chi connectivity index (χ3v) is 2.50. The van der Waals surface area contributed by atoms with Gasteiger partial charge in [-0.3, -0.25) is 4.79 Å². The number of amides is 1.